The SMILES string of the molecule is COC(=O)c1ccc(F)cc1NC(=O)C1CCCN1. The summed E-state index contributed by atoms with van der Waals surface area (Å²) in [5, 5.41) is 5.60. The number of carbonyl (C=O) groups is 2. The summed E-state index contributed by atoms with van der Waals surface area (Å²) < 4.78 is 17.8. The van der Waals surface area contributed by atoms with Gasteiger partial charge in [-0.25, -0.2) is 9.18 Å². The van der Waals surface area contributed by atoms with Gasteiger partial charge in [-0.2, -0.15) is 0 Å². The minimum absolute atomic E-state index is 0.130. The highest BCUT2D eigenvalue weighted by Gasteiger charge is 2.23. The molecular weight excluding hydrogens is 251 g/mol. The van der Waals surface area contributed by atoms with Gasteiger partial charge >= 0.3 is 5.97 Å². The molecule has 5 nitrogen and oxygen atoms in total. The lowest BCUT2D eigenvalue weighted by molar-refractivity contribution is -0.117. The second-order valence-electron chi connectivity index (χ2n) is 4.32. The average Bonchev–Trinajstić information content (AvgIpc) is 2.92. The van der Waals surface area contributed by atoms with E-state index in [1.54, 1.807) is 0 Å². The smallest absolute Gasteiger partial charge is 0.339 e. The van der Waals surface area contributed by atoms with Crippen LogP contribution in [-0.4, -0.2) is 31.6 Å². The Morgan fingerprint density at radius 1 is 1.47 bits per heavy atom. The number of carbonyl (C=O) groups excluding carboxylic acids is 2. The van der Waals surface area contributed by atoms with Crippen molar-refractivity contribution in [2.75, 3.05) is 19.0 Å². The van der Waals surface area contributed by atoms with Crippen molar-refractivity contribution in [1.82, 2.24) is 5.32 Å². The van der Waals surface area contributed by atoms with E-state index in [2.05, 4.69) is 15.4 Å². The van der Waals surface area contributed by atoms with Crippen molar-refractivity contribution in [2.24, 2.45) is 0 Å². The molecule has 6 heteroatoms. The molecule has 1 aromatic carbocycles. The first kappa shape index (κ1) is 13.5. The predicted molar refractivity (Wildman–Crippen MR) is 67.4 cm³/mol. The zero-order valence-electron chi connectivity index (χ0n) is 10.5. The summed E-state index contributed by atoms with van der Waals surface area (Å²) in [5.41, 5.74) is 0.265. The minimum Gasteiger partial charge on any atom is -0.465 e. The molecule has 1 aliphatic rings. The van der Waals surface area contributed by atoms with Crippen LogP contribution in [-0.2, 0) is 9.53 Å². The summed E-state index contributed by atoms with van der Waals surface area (Å²) in [7, 11) is 1.23. The summed E-state index contributed by atoms with van der Waals surface area (Å²) in [6.07, 6.45) is 1.65. The molecule has 0 spiro atoms. The number of hydrogen-bond acceptors (Lipinski definition) is 4. The van der Waals surface area contributed by atoms with Gasteiger partial charge in [-0.05, 0) is 37.6 Å². The van der Waals surface area contributed by atoms with Crippen molar-refractivity contribution in [3.05, 3.63) is 29.6 Å². The van der Waals surface area contributed by atoms with Crippen molar-refractivity contribution < 1.29 is 18.7 Å². The molecular formula is C13H15FN2O3. The van der Waals surface area contributed by atoms with E-state index in [1.165, 1.54) is 13.2 Å². The van der Waals surface area contributed by atoms with E-state index in [0.29, 0.717) is 0 Å². The largest absolute Gasteiger partial charge is 0.465 e. The molecule has 102 valence electrons. The molecule has 1 fully saturated rings. The summed E-state index contributed by atoms with van der Waals surface area (Å²) >= 11 is 0. The van der Waals surface area contributed by atoms with Crippen LogP contribution < -0.4 is 10.6 Å². The highest BCUT2D eigenvalue weighted by atomic mass is 19.1. The molecule has 0 saturated carbocycles. The van der Waals surface area contributed by atoms with Crippen LogP contribution in [0, 0.1) is 5.82 Å². The first-order valence-electron chi connectivity index (χ1n) is 6.04. The molecule has 0 aliphatic carbocycles. The lowest BCUT2D eigenvalue weighted by atomic mass is 10.1. The highest BCUT2D eigenvalue weighted by molar-refractivity contribution is 6.02. The van der Waals surface area contributed by atoms with E-state index in [-0.39, 0.29) is 23.2 Å². The molecule has 1 unspecified atom stereocenters. The minimum atomic E-state index is -0.616. The number of halogens is 1. The van der Waals surface area contributed by atoms with Gasteiger partial charge in [0, 0.05) is 0 Å². The quantitative estimate of drug-likeness (QED) is 0.809. The molecule has 1 saturated heterocycles. The number of esters is 1. The molecule has 1 amide bonds. The van der Waals surface area contributed by atoms with Gasteiger partial charge in [0.15, 0.2) is 0 Å². The van der Waals surface area contributed by atoms with Gasteiger partial charge in [0.05, 0.1) is 24.4 Å². The van der Waals surface area contributed by atoms with Gasteiger partial charge in [-0.15, -0.1) is 0 Å². The Kier molecular flexibility index (Phi) is 4.11. The van der Waals surface area contributed by atoms with Crippen molar-refractivity contribution in [2.45, 2.75) is 18.9 Å². The van der Waals surface area contributed by atoms with Crippen molar-refractivity contribution in [1.29, 1.82) is 0 Å². The Bertz CT molecular complexity index is 499. The molecule has 2 N–H and O–H groups in total. The highest BCUT2D eigenvalue weighted by Crippen LogP contribution is 2.19. The van der Waals surface area contributed by atoms with E-state index < -0.39 is 11.8 Å². The molecule has 19 heavy (non-hydrogen) atoms. The fourth-order valence-electron chi connectivity index (χ4n) is 2.04. The number of methoxy groups -OCH3 is 1. The predicted octanol–water partition coefficient (Wildman–Crippen LogP) is 1.30. The first-order valence-corrected chi connectivity index (χ1v) is 6.04. The van der Waals surface area contributed by atoms with Crippen LogP contribution in [0.25, 0.3) is 0 Å². The van der Waals surface area contributed by atoms with E-state index in [1.807, 2.05) is 0 Å². The lowest BCUT2D eigenvalue weighted by Gasteiger charge is -2.13. The maximum absolute atomic E-state index is 13.2. The Balaban J connectivity index is 2.20. The maximum atomic E-state index is 13.2. The Labute approximate surface area is 110 Å². The lowest BCUT2D eigenvalue weighted by Crippen LogP contribution is -2.35. The summed E-state index contributed by atoms with van der Waals surface area (Å²) in [4.78, 5) is 23.5. The standard InChI is InChI=1S/C13H15FN2O3/c1-19-13(18)9-5-4-8(14)7-11(9)16-12(17)10-3-2-6-15-10/h4-5,7,10,15H,2-3,6H2,1H3,(H,16,17). The van der Waals surface area contributed by atoms with Crippen LogP contribution in [0.1, 0.15) is 23.2 Å². The van der Waals surface area contributed by atoms with E-state index >= 15 is 0 Å². The fraction of sp³-hybridized carbons (Fsp3) is 0.385. The van der Waals surface area contributed by atoms with Gasteiger partial charge in [-0.3, -0.25) is 4.79 Å². The van der Waals surface area contributed by atoms with E-state index in [9.17, 15) is 14.0 Å². The number of hydrogen-bond donors (Lipinski definition) is 2. The molecule has 1 aliphatic heterocycles. The van der Waals surface area contributed by atoms with Crippen LogP contribution >= 0.6 is 0 Å². The summed E-state index contributed by atoms with van der Waals surface area (Å²) in [5.74, 6) is -1.41. The summed E-state index contributed by atoms with van der Waals surface area (Å²) in [6, 6.07) is 3.25. The number of amides is 1. The molecule has 0 aromatic heterocycles. The third kappa shape index (κ3) is 3.08. The third-order valence-electron chi connectivity index (χ3n) is 3.02. The second-order valence-corrected chi connectivity index (χ2v) is 4.32. The number of benzene rings is 1. The topological polar surface area (TPSA) is 67.4 Å². The molecule has 1 heterocycles. The molecule has 0 radical (unpaired) electrons. The summed E-state index contributed by atoms with van der Waals surface area (Å²) in [6.45, 7) is 0.783. The molecule has 2 rings (SSSR count). The second kappa shape index (κ2) is 5.79. The van der Waals surface area contributed by atoms with Gasteiger partial charge in [0.2, 0.25) is 5.91 Å². The number of nitrogens with one attached hydrogen (secondary N) is 2. The Morgan fingerprint density at radius 3 is 2.89 bits per heavy atom. The molecule has 0 bridgehead atoms. The zero-order valence-corrected chi connectivity index (χ0v) is 10.5. The van der Waals surface area contributed by atoms with Crippen LogP contribution in [0.15, 0.2) is 18.2 Å². The zero-order chi connectivity index (χ0) is 13.8. The van der Waals surface area contributed by atoms with Crippen molar-refractivity contribution >= 4 is 17.6 Å². The van der Waals surface area contributed by atoms with Crippen LogP contribution in [0.4, 0.5) is 10.1 Å². The first-order chi connectivity index (χ1) is 9.11. The number of ether oxygens (including phenoxy) is 1. The normalized spacial score (nSPS) is 18.1. The van der Waals surface area contributed by atoms with Crippen LogP contribution in [0.5, 0.6) is 0 Å². The number of anilines is 1. The Morgan fingerprint density at radius 2 is 2.26 bits per heavy atom. The van der Waals surface area contributed by atoms with E-state index in [0.717, 1.165) is 31.5 Å². The van der Waals surface area contributed by atoms with Gasteiger partial charge < -0.3 is 15.4 Å². The van der Waals surface area contributed by atoms with Gasteiger partial charge in [0.25, 0.3) is 0 Å². The Hall–Kier alpha value is -1.95. The monoisotopic (exact) mass is 266 g/mol. The third-order valence-corrected chi connectivity index (χ3v) is 3.02. The average molecular weight is 266 g/mol. The van der Waals surface area contributed by atoms with Crippen LogP contribution in [0.3, 0.4) is 0 Å². The van der Waals surface area contributed by atoms with Crippen LogP contribution in [0.2, 0.25) is 0 Å². The van der Waals surface area contributed by atoms with Gasteiger partial charge in [0.1, 0.15) is 5.82 Å². The van der Waals surface area contributed by atoms with E-state index in [4.69, 9.17) is 0 Å². The van der Waals surface area contributed by atoms with Crippen molar-refractivity contribution in [3.8, 4) is 0 Å². The van der Waals surface area contributed by atoms with Crippen molar-refractivity contribution in [3.63, 3.8) is 0 Å². The number of rotatable bonds is 3. The molecule has 1 atom stereocenters. The molecule has 1 aromatic rings. The fourth-order valence-corrected chi connectivity index (χ4v) is 2.04. The maximum Gasteiger partial charge on any atom is 0.339 e. The van der Waals surface area contributed by atoms with Gasteiger partial charge in [-0.1, -0.05) is 0 Å².